The van der Waals surface area contributed by atoms with E-state index in [1.165, 1.54) is 5.56 Å². The van der Waals surface area contributed by atoms with Crippen molar-refractivity contribution in [1.82, 2.24) is 15.6 Å². The van der Waals surface area contributed by atoms with E-state index in [9.17, 15) is 4.79 Å². The number of carbonyl (C=O) groups is 1. The summed E-state index contributed by atoms with van der Waals surface area (Å²) in [4.78, 5) is 12.3. The Kier molecular flexibility index (Phi) is 6.18. The maximum atomic E-state index is 12.3. The van der Waals surface area contributed by atoms with E-state index >= 15 is 0 Å². The quantitative estimate of drug-likeness (QED) is 0.342. The van der Waals surface area contributed by atoms with E-state index in [0.717, 1.165) is 22.4 Å². The molecule has 0 saturated carbocycles. The summed E-state index contributed by atoms with van der Waals surface area (Å²) in [6.45, 7) is 2.51. The van der Waals surface area contributed by atoms with Crippen molar-refractivity contribution >= 4 is 12.1 Å². The zero-order chi connectivity index (χ0) is 21.5. The van der Waals surface area contributed by atoms with Gasteiger partial charge in [0.05, 0.1) is 11.9 Å². The molecular weight excluding hydrogens is 388 g/mol. The second-order valence-electron chi connectivity index (χ2n) is 7.08. The first kappa shape index (κ1) is 20.1. The van der Waals surface area contributed by atoms with Gasteiger partial charge < -0.3 is 4.74 Å². The van der Waals surface area contributed by atoms with Gasteiger partial charge in [0.25, 0.3) is 5.91 Å². The van der Waals surface area contributed by atoms with E-state index < -0.39 is 0 Å². The standard InChI is InChI=1S/C25H22N4O2/c1-18-10-12-21(13-11-18)23-15-24(28-27-23)25(30)29-26-16-20-8-5-9-22(14-20)31-17-19-6-3-2-4-7-19/h2-16H,17H2,1H3,(H,27,28)(H,29,30)/b26-16+. The van der Waals surface area contributed by atoms with Gasteiger partial charge >= 0.3 is 0 Å². The van der Waals surface area contributed by atoms with Gasteiger partial charge in [-0.15, -0.1) is 0 Å². The fourth-order valence-electron chi connectivity index (χ4n) is 2.96. The summed E-state index contributed by atoms with van der Waals surface area (Å²) in [5, 5.41) is 11.0. The molecule has 2 N–H and O–H groups in total. The first-order valence-corrected chi connectivity index (χ1v) is 9.90. The number of benzene rings is 3. The number of hydrazone groups is 1. The van der Waals surface area contributed by atoms with Gasteiger partial charge in [-0.25, -0.2) is 5.43 Å². The number of nitrogens with one attached hydrogen (secondary N) is 2. The molecule has 0 radical (unpaired) electrons. The third kappa shape index (κ3) is 5.45. The molecule has 0 aliphatic heterocycles. The average molecular weight is 410 g/mol. The van der Waals surface area contributed by atoms with Crippen LogP contribution in [0.15, 0.2) is 90.0 Å². The van der Waals surface area contributed by atoms with Gasteiger partial charge in [0.2, 0.25) is 0 Å². The van der Waals surface area contributed by atoms with Crippen LogP contribution in [0.3, 0.4) is 0 Å². The molecule has 0 saturated heterocycles. The normalized spacial score (nSPS) is 10.9. The van der Waals surface area contributed by atoms with Crippen molar-refractivity contribution in [3.8, 4) is 17.0 Å². The summed E-state index contributed by atoms with van der Waals surface area (Å²) < 4.78 is 5.82. The van der Waals surface area contributed by atoms with Crippen LogP contribution in [-0.2, 0) is 6.61 Å². The van der Waals surface area contributed by atoms with Gasteiger partial charge in [0.15, 0.2) is 0 Å². The Labute approximate surface area is 180 Å². The number of aromatic amines is 1. The van der Waals surface area contributed by atoms with Gasteiger partial charge in [0, 0.05) is 5.56 Å². The number of aryl methyl sites for hydroxylation is 1. The van der Waals surface area contributed by atoms with Gasteiger partial charge in [-0.1, -0.05) is 72.3 Å². The first-order valence-electron chi connectivity index (χ1n) is 9.90. The molecular formula is C25H22N4O2. The van der Waals surface area contributed by atoms with E-state index in [0.29, 0.717) is 18.0 Å². The summed E-state index contributed by atoms with van der Waals surface area (Å²) in [6, 6.07) is 27.1. The predicted octanol–water partition coefficient (Wildman–Crippen LogP) is 4.73. The highest BCUT2D eigenvalue weighted by Crippen LogP contribution is 2.18. The van der Waals surface area contributed by atoms with E-state index in [1.807, 2.05) is 85.8 Å². The second kappa shape index (κ2) is 9.54. The predicted molar refractivity (Wildman–Crippen MR) is 121 cm³/mol. The third-order valence-electron chi connectivity index (χ3n) is 4.66. The Morgan fingerprint density at radius 1 is 1.03 bits per heavy atom. The number of hydrogen-bond acceptors (Lipinski definition) is 4. The molecule has 4 aromatic rings. The van der Waals surface area contributed by atoms with Crippen molar-refractivity contribution in [2.75, 3.05) is 0 Å². The molecule has 0 aliphatic rings. The molecule has 1 amide bonds. The minimum absolute atomic E-state index is 0.340. The Balaban J connectivity index is 1.34. The molecule has 6 heteroatoms. The van der Waals surface area contributed by atoms with Crippen LogP contribution >= 0.6 is 0 Å². The van der Waals surface area contributed by atoms with E-state index in [4.69, 9.17) is 4.74 Å². The van der Waals surface area contributed by atoms with E-state index in [1.54, 1.807) is 12.3 Å². The van der Waals surface area contributed by atoms with Crippen LogP contribution in [0.4, 0.5) is 0 Å². The second-order valence-corrected chi connectivity index (χ2v) is 7.08. The van der Waals surface area contributed by atoms with Crippen molar-refractivity contribution in [3.63, 3.8) is 0 Å². The smallest absolute Gasteiger partial charge is 0.289 e. The molecule has 0 aliphatic carbocycles. The summed E-state index contributed by atoms with van der Waals surface area (Å²) in [6.07, 6.45) is 1.57. The highest BCUT2D eigenvalue weighted by Gasteiger charge is 2.10. The van der Waals surface area contributed by atoms with Crippen LogP contribution in [0.25, 0.3) is 11.3 Å². The van der Waals surface area contributed by atoms with Gasteiger partial charge in [0.1, 0.15) is 18.1 Å². The summed E-state index contributed by atoms with van der Waals surface area (Å²) >= 11 is 0. The fourth-order valence-corrected chi connectivity index (χ4v) is 2.96. The maximum absolute atomic E-state index is 12.3. The molecule has 4 rings (SSSR count). The number of H-pyrrole nitrogens is 1. The van der Waals surface area contributed by atoms with Crippen molar-refractivity contribution in [1.29, 1.82) is 0 Å². The molecule has 154 valence electrons. The van der Waals surface area contributed by atoms with Crippen LogP contribution < -0.4 is 10.2 Å². The van der Waals surface area contributed by atoms with Crippen LogP contribution in [0.5, 0.6) is 5.75 Å². The highest BCUT2D eigenvalue weighted by molar-refractivity contribution is 5.94. The summed E-state index contributed by atoms with van der Waals surface area (Å²) in [7, 11) is 0. The Morgan fingerprint density at radius 3 is 2.65 bits per heavy atom. The number of carbonyl (C=O) groups excluding carboxylic acids is 1. The molecule has 1 heterocycles. The lowest BCUT2D eigenvalue weighted by Crippen LogP contribution is -2.18. The maximum Gasteiger partial charge on any atom is 0.289 e. The topological polar surface area (TPSA) is 79.4 Å². The number of ether oxygens (including phenoxy) is 1. The van der Waals surface area contributed by atoms with Crippen LogP contribution in [0, 0.1) is 6.92 Å². The molecule has 0 fully saturated rings. The van der Waals surface area contributed by atoms with Crippen molar-refractivity contribution in [2.24, 2.45) is 5.10 Å². The Hall–Kier alpha value is -4.19. The van der Waals surface area contributed by atoms with Gasteiger partial charge in [-0.05, 0) is 36.2 Å². The lowest BCUT2D eigenvalue weighted by atomic mass is 10.1. The average Bonchev–Trinajstić information content (AvgIpc) is 3.30. The molecule has 0 bridgehead atoms. The summed E-state index contributed by atoms with van der Waals surface area (Å²) in [5.41, 5.74) is 7.58. The van der Waals surface area contributed by atoms with Gasteiger partial charge in [-0.3, -0.25) is 9.89 Å². The third-order valence-corrected chi connectivity index (χ3v) is 4.66. The van der Waals surface area contributed by atoms with Crippen LogP contribution in [0.2, 0.25) is 0 Å². The molecule has 0 atom stereocenters. The number of nitrogens with zero attached hydrogens (tertiary/aromatic N) is 2. The number of rotatable bonds is 7. The lowest BCUT2D eigenvalue weighted by molar-refractivity contribution is 0.0950. The number of hydrogen-bond donors (Lipinski definition) is 2. The Morgan fingerprint density at radius 2 is 1.84 bits per heavy atom. The molecule has 1 aromatic heterocycles. The van der Waals surface area contributed by atoms with E-state index in [-0.39, 0.29) is 5.91 Å². The van der Waals surface area contributed by atoms with Crippen molar-refractivity contribution in [3.05, 3.63) is 107 Å². The molecule has 31 heavy (non-hydrogen) atoms. The van der Waals surface area contributed by atoms with Crippen molar-refractivity contribution in [2.45, 2.75) is 13.5 Å². The number of amides is 1. The monoisotopic (exact) mass is 410 g/mol. The fraction of sp³-hybridized carbons (Fsp3) is 0.0800. The highest BCUT2D eigenvalue weighted by atomic mass is 16.5. The summed E-state index contributed by atoms with van der Waals surface area (Å²) in [5.74, 6) is 0.369. The first-order chi connectivity index (χ1) is 15.2. The lowest BCUT2D eigenvalue weighted by Gasteiger charge is -2.06. The van der Waals surface area contributed by atoms with Gasteiger partial charge in [-0.2, -0.15) is 10.2 Å². The zero-order valence-corrected chi connectivity index (χ0v) is 17.1. The van der Waals surface area contributed by atoms with Crippen LogP contribution in [0.1, 0.15) is 27.2 Å². The number of aromatic nitrogens is 2. The van der Waals surface area contributed by atoms with E-state index in [2.05, 4.69) is 20.7 Å². The minimum Gasteiger partial charge on any atom is -0.489 e. The molecule has 6 nitrogen and oxygen atoms in total. The Bertz CT molecular complexity index is 1180. The minimum atomic E-state index is -0.362. The molecule has 0 spiro atoms. The SMILES string of the molecule is Cc1ccc(-c2cc(C(=O)N/N=C/c3cccc(OCc4ccccc4)c3)[nH]n2)cc1. The van der Waals surface area contributed by atoms with Crippen LogP contribution in [-0.4, -0.2) is 22.3 Å². The molecule has 3 aromatic carbocycles. The van der Waals surface area contributed by atoms with Crippen molar-refractivity contribution < 1.29 is 9.53 Å². The zero-order valence-electron chi connectivity index (χ0n) is 17.1. The molecule has 0 unspecified atom stereocenters. The largest absolute Gasteiger partial charge is 0.489 e.